The van der Waals surface area contributed by atoms with Crippen molar-refractivity contribution >= 4 is 17.3 Å². The van der Waals surface area contributed by atoms with Gasteiger partial charge in [-0.3, -0.25) is 0 Å². The van der Waals surface area contributed by atoms with E-state index in [2.05, 4.69) is 5.32 Å². The summed E-state index contributed by atoms with van der Waals surface area (Å²) >= 11 is 6.08. The van der Waals surface area contributed by atoms with Crippen LogP contribution < -0.4 is 10.1 Å². The maximum Gasteiger partial charge on any atom is 0.160 e. The summed E-state index contributed by atoms with van der Waals surface area (Å²) in [4.78, 5) is 0. The highest BCUT2D eigenvalue weighted by molar-refractivity contribution is 6.32. The van der Waals surface area contributed by atoms with Gasteiger partial charge < -0.3 is 10.1 Å². The fourth-order valence-corrected chi connectivity index (χ4v) is 2.55. The quantitative estimate of drug-likeness (QED) is 0.858. The smallest absolute Gasteiger partial charge is 0.160 e. The standard InChI is InChI=1S/C13H18ClNO/c1-16-13-11(14)8-5-9-12(13)15-10-6-3-2-4-7-10/h5,8-10,15H,2-4,6-7H2,1H3. The molecule has 0 unspecified atom stereocenters. The van der Waals surface area contributed by atoms with Crippen LogP contribution in [-0.2, 0) is 0 Å². The maximum absolute atomic E-state index is 6.08. The molecular weight excluding hydrogens is 222 g/mol. The van der Waals surface area contributed by atoms with Gasteiger partial charge >= 0.3 is 0 Å². The molecule has 1 fully saturated rings. The van der Waals surface area contributed by atoms with Crippen molar-refractivity contribution < 1.29 is 4.74 Å². The Morgan fingerprint density at radius 2 is 2.00 bits per heavy atom. The fraction of sp³-hybridized carbons (Fsp3) is 0.538. The molecule has 0 amide bonds. The summed E-state index contributed by atoms with van der Waals surface area (Å²) in [5.41, 5.74) is 1.02. The normalized spacial score (nSPS) is 17.1. The largest absolute Gasteiger partial charge is 0.493 e. The molecule has 1 N–H and O–H groups in total. The lowest BCUT2D eigenvalue weighted by atomic mass is 9.95. The van der Waals surface area contributed by atoms with Gasteiger partial charge in [-0.05, 0) is 25.0 Å². The second-order valence-electron chi connectivity index (χ2n) is 4.30. The fourth-order valence-electron chi connectivity index (χ4n) is 2.30. The molecule has 0 aromatic heterocycles. The first-order valence-corrected chi connectivity index (χ1v) is 6.28. The van der Waals surface area contributed by atoms with Crippen LogP contribution >= 0.6 is 11.6 Å². The second-order valence-corrected chi connectivity index (χ2v) is 4.71. The van der Waals surface area contributed by atoms with Gasteiger partial charge in [-0.15, -0.1) is 0 Å². The highest BCUT2D eigenvalue weighted by Gasteiger charge is 2.15. The Balaban J connectivity index is 2.10. The SMILES string of the molecule is COc1c(Cl)cccc1NC1CCCCC1. The van der Waals surface area contributed by atoms with Gasteiger partial charge in [-0.1, -0.05) is 36.9 Å². The highest BCUT2D eigenvalue weighted by atomic mass is 35.5. The van der Waals surface area contributed by atoms with Crippen LogP contribution in [0.15, 0.2) is 18.2 Å². The minimum Gasteiger partial charge on any atom is -0.493 e. The lowest BCUT2D eigenvalue weighted by Crippen LogP contribution is -2.22. The molecule has 1 aliphatic rings. The number of anilines is 1. The van der Waals surface area contributed by atoms with Gasteiger partial charge in [-0.2, -0.15) is 0 Å². The topological polar surface area (TPSA) is 21.3 Å². The van der Waals surface area contributed by atoms with Crippen molar-refractivity contribution in [1.82, 2.24) is 0 Å². The van der Waals surface area contributed by atoms with Gasteiger partial charge in [0.05, 0.1) is 17.8 Å². The van der Waals surface area contributed by atoms with Gasteiger partial charge in [0, 0.05) is 6.04 Å². The van der Waals surface area contributed by atoms with Crippen molar-refractivity contribution in [3.63, 3.8) is 0 Å². The van der Waals surface area contributed by atoms with Crippen LogP contribution in [0.3, 0.4) is 0 Å². The molecule has 0 atom stereocenters. The van der Waals surface area contributed by atoms with Gasteiger partial charge in [0.2, 0.25) is 0 Å². The van der Waals surface area contributed by atoms with E-state index in [1.807, 2.05) is 18.2 Å². The maximum atomic E-state index is 6.08. The molecule has 1 aromatic carbocycles. The summed E-state index contributed by atoms with van der Waals surface area (Å²) < 4.78 is 5.32. The van der Waals surface area contributed by atoms with Crippen molar-refractivity contribution in [1.29, 1.82) is 0 Å². The van der Waals surface area contributed by atoms with E-state index in [1.165, 1.54) is 32.1 Å². The van der Waals surface area contributed by atoms with E-state index in [1.54, 1.807) is 7.11 Å². The van der Waals surface area contributed by atoms with Crippen LogP contribution in [0.25, 0.3) is 0 Å². The van der Waals surface area contributed by atoms with Crippen LogP contribution in [0.2, 0.25) is 5.02 Å². The number of nitrogens with one attached hydrogen (secondary N) is 1. The molecule has 0 radical (unpaired) electrons. The first-order chi connectivity index (χ1) is 7.81. The van der Waals surface area contributed by atoms with E-state index in [0.29, 0.717) is 11.1 Å². The number of rotatable bonds is 3. The van der Waals surface area contributed by atoms with Gasteiger partial charge in [0.15, 0.2) is 5.75 Å². The van der Waals surface area contributed by atoms with Gasteiger partial charge in [-0.25, -0.2) is 0 Å². The Labute approximate surface area is 102 Å². The summed E-state index contributed by atoms with van der Waals surface area (Å²) in [5, 5.41) is 4.20. The molecule has 88 valence electrons. The van der Waals surface area contributed by atoms with Crippen molar-refractivity contribution in [3.8, 4) is 5.75 Å². The summed E-state index contributed by atoms with van der Waals surface area (Å²) in [6.07, 6.45) is 6.50. The Bertz CT molecular complexity index is 348. The predicted molar refractivity (Wildman–Crippen MR) is 68.5 cm³/mol. The summed E-state index contributed by atoms with van der Waals surface area (Å²) in [5.74, 6) is 0.759. The number of benzene rings is 1. The molecule has 0 bridgehead atoms. The third kappa shape index (κ3) is 2.62. The first kappa shape index (κ1) is 11.6. The van der Waals surface area contributed by atoms with Gasteiger partial charge in [0.25, 0.3) is 0 Å². The van der Waals surface area contributed by atoms with Crippen molar-refractivity contribution in [2.45, 2.75) is 38.1 Å². The zero-order valence-electron chi connectivity index (χ0n) is 9.63. The molecule has 16 heavy (non-hydrogen) atoms. The number of halogens is 1. The third-order valence-corrected chi connectivity index (χ3v) is 3.43. The second kappa shape index (κ2) is 5.44. The summed E-state index contributed by atoms with van der Waals surface area (Å²) in [6, 6.07) is 6.41. The molecule has 0 aliphatic heterocycles. The van der Waals surface area contributed by atoms with Crippen LogP contribution in [0, 0.1) is 0 Å². The van der Waals surface area contributed by atoms with Gasteiger partial charge in [0.1, 0.15) is 0 Å². The zero-order valence-corrected chi connectivity index (χ0v) is 10.4. The van der Waals surface area contributed by atoms with E-state index in [4.69, 9.17) is 16.3 Å². The zero-order chi connectivity index (χ0) is 11.4. The highest BCUT2D eigenvalue weighted by Crippen LogP contribution is 2.34. The van der Waals surface area contributed by atoms with E-state index in [9.17, 15) is 0 Å². The van der Waals surface area contributed by atoms with Crippen LogP contribution in [0.5, 0.6) is 5.75 Å². The molecule has 0 heterocycles. The molecule has 0 spiro atoms. The van der Waals surface area contributed by atoms with Crippen molar-refractivity contribution in [2.24, 2.45) is 0 Å². The Kier molecular flexibility index (Phi) is 3.94. The average molecular weight is 240 g/mol. The minimum absolute atomic E-state index is 0.570. The van der Waals surface area contributed by atoms with E-state index in [0.717, 1.165) is 11.4 Å². The number of methoxy groups -OCH3 is 1. The van der Waals surface area contributed by atoms with Crippen molar-refractivity contribution in [2.75, 3.05) is 12.4 Å². The summed E-state index contributed by atoms with van der Waals surface area (Å²) in [7, 11) is 1.66. The lowest BCUT2D eigenvalue weighted by Gasteiger charge is -2.25. The molecule has 3 heteroatoms. The molecule has 2 nitrogen and oxygen atoms in total. The number of hydrogen-bond acceptors (Lipinski definition) is 2. The minimum atomic E-state index is 0.570. The molecule has 2 rings (SSSR count). The molecule has 1 aromatic rings. The Morgan fingerprint density at radius 3 is 2.69 bits per heavy atom. The van der Waals surface area contributed by atoms with E-state index in [-0.39, 0.29) is 0 Å². The third-order valence-electron chi connectivity index (χ3n) is 3.14. The predicted octanol–water partition coefficient (Wildman–Crippen LogP) is 4.09. The molecule has 1 saturated carbocycles. The average Bonchev–Trinajstić information content (AvgIpc) is 2.31. The number of ether oxygens (including phenoxy) is 1. The number of para-hydroxylation sites is 1. The first-order valence-electron chi connectivity index (χ1n) is 5.90. The van der Waals surface area contributed by atoms with E-state index < -0.39 is 0 Å². The Hall–Kier alpha value is -0.890. The molecular formula is C13H18ClNO. The summed E-state index contributed by atoms with van der Waals surface area (Å²) in [6.45, 7) is 0. The lowest BCUT2D eigenvalue weighted by molar-refractivity contribution is 0.413. The monoisotopic (exact) mass is 239 g/mol. The van der Waals surface area contributed by atoms with Crippen molar-refractivity contribution in [3.05, 3.63) is 23.2 Å². The van der Waals surface area contributed by atoms with E-state index >= 15 is 0 Å². The van der Waals surface area contributed by atoms with Crippen LogP contribution in [0.1, 0.15) is 32.1 Å². The molecule has 1 aliphatic carbocycles. The van der Waals surface area contributed by atoms with Crippen LogP contribution in [0.4, 0.5) is 5.69 Å². The number of hydrogen-bond donors (Lipinski definition) is 1. The van der Waals surface area contributed by atoms with Crippen LogP contribution in [-0.4, -0.2) is 13.2 Å². The Morgan fingerprint density at radius 1 is 1.25 bits per heavy atom. The molecule has 0 saturated heterocycles.